The Kier molecular flexibility index (Phi) is 7.09. The maximum Gasteiger partial charge on any atom is 0.255 e. The molecule has 2 aliphatic rings. The minimum atomic E-state index is -0.283. The van der Waals surface area contributed by atoms with Crippen LogP contribution in [0.5, 0.6) is 0 Å². The number of halogens is 1. The molecule has 6 rings (SSSR count). The summed E-state index contributed by atoms with van der Waals surface area (Å²) in [6.45, 7) is 2.45. The molecule has 2 N–H and O–H groups in total. The zero-order valence-electron chi connectivity index (χ0n) is 21.7. The number of carbonyl (C=O) groups is 2. The number of hydrogen-bond acceptors (Lipinski definition) is 5. The van der Waals surface area contributed by atoms with Gasteiger partial charge < -0.3 is 20.1 Å². The van der Waals surface area contributed by atoms with Crippen LogP contribution in [0.15, 0.2) is 90.0 Å². The second-order valence-electron chi connectivity index (χ2n) is 10.3. The van der Waals surface area contributed by atoms with Gasteiger partial charge in [0.2, 0.25) is 0 Å². The number of pyridine rings is 2. The summed E-state index contributed by atoms with van der Waals surface area (Å²) in [6, 6.07) is 21.5. The van der Waals surface area contributed by atoms with E-state index in [9.17, 15) is 14.4 Å². The first-order valence-corrected chi connectivity index (χ1v) is 13.6. The van der Waals surface area contributed by atoms with E-state index < -0.39 is 0 Å². The molecule has 4 heterocycles. The Morgan fingerprint density at radius 1 is 0.900 bits per heavy atom. The van der Waals surface area contributed by atoms with Crippen molar-refractivity contribution in [2.45, 2.75) is 25.4 Å². The van der Waals surface area contributed by atoms with E-state index in [2.05, 4.69) is 20.5 Å². The number of rotatable bonds is 6. The molecule has 2 aromatic carbocycles. The van der Waals surface area contributed by atoms with E-state index in [4.69, 9.17) is 11.6 Å². The second kappa shape index (κ2) is 11.0. The van der Waals surface area contributed by atoms with Gasteiger partial charge >= 0.3 is 0 Å². The first kappa shape index (κ1) is 25.8. The van der Waals surface area contributed by atoms with Gasteiger partial charge in [-0.05, 0) is 66.4 Å². The van der Waals surface area contributed by atoms with Crippen molar-refractivity contribution in [3.05, 3.63) is 123 Å². The molecular weight excluding hydrogens is 526 g/mol. The minimum Gasteiger partial charge on any atom is -0.369 e. The van der Waals surface area contributed by atoms with Crippen molar-refractivity contribution in [1.29, 1.82) is 0 Å². The van der Waals surface area contributed by atoms with Crippen molar-refractivity contribution in [1.82, 2.24) is 14.9 Å². The molecule has 2 amide bonds. The molecule has 0 radical (unpaired) electrons. The fourth-order valence-corrected chi connectivity index (χ4v) is 5.99. The highest BCUT2D eigenvalue weighted by Crippen LogP contribution is 2.39. The van der Waals surface area contributed by atoms with Gasteiger partial charge in [0.1, 0.15) is 0 Å². The Bertz CT molecular complexity index is 1640. The van der Waals surface area contributed by atoms with Gasteiger partial charge in [-0.15, -0.1) is 0 Å². The Hall–Kier alpha value is -4.43. The standard InChI is InChI=1S/C31H28ClN5O3/c32-25-4-1-3-20(14-25)16-34-30(39)23-7-8-28(26(15-23)35-31(40)22-9-11-33-12-10-22)36-17-21-13-24(19-36)27-5-2-6-29(38)37(27)18-21/h1-12,14-15,21,24H,13,16-19H2,(H,34,39)(H,35,40). The lowest BCUT2D eigenvalue weighted by Crippen LogP contribution is -2.47. The molecule has 1 saturated heterocycles. The van der Waals surface area contributed by atoms with E-state index >= 15 is 0 Å². The van der Waals surface area contributed by atoms with Crippen molar-refractivity contribution < 1.29 is 9.59 Å². The molecule has 2 aromatic heterocycles. The number of nitrogens with one attached hydrogen (secondary N) is 2. The molecule has 202 valence electrons. The summed E-state index contributed by atoms with van der Waals surface area (Å²) in [6.07, 6.45) is 4.16. The molecule has 1 fully saturated rings. The van der Waals surface area contributed by atoms with Crippen LogP contribution in [0.25, 0.3) is 0 Å². The normalized spacial score (nSPS) is 17.6. The van der Waals surface area contributed by atoms with Gasteiger partial charge in [0.15, 0.2) is 0 Å². The Balaban J connectivity index is 1.29. The summed E-state index contributed by atoms with van der Waals surface area (Å²) < 4.78 is 1.90. The van der Waals surface area contributed by atoms with Crippen LogP contribution < -0.4 is 21.1 Å². The lowest BCUT2D eigenvalue weighted by molar-refractivity contribution is 0.0949. The van der Waals surface area contributed by atoms with Crippen LogP contribution in [-0.2, 0) is 13.1 Å². The van der Waals surface area contributed by atoms with Crippen molar-refractivity contribution in [2.75, 3.05) is 23.3 Å². The molecule has 2 bridgehead atoms. The van der Waals surface area contributed by atoms with Crippen LogP contribution in [0.1, 0.15) is 44.3 Å². The van der Waals surface area contributed by atoms with Gasteiger partial charge in [0.25, 0.3) is 17.4 Å². The van der Waals surface area contributed by atoms with Crippen LogP contribution in [0, 0.1) is 5.92 Å². The third-order valence-electron chi connectivity index (χ3n) is 7.61. The molecule has 2 atom stereocenters. The minimum absolute atomic E-state index is 0.0408. The quantitative estimate of drug-likeness (QED) is 0.361. The number of hydrogen-bond donors (Lipinski definition) is 2. The SMILES string of the molecule is O=C(NCc1cccc(Cl)c1)c1ccc(N2CC3CC(C2)c2cccc(=O)n2C3)c(NC(=O)c2ccncc2)c1. The average molecular weight is 554 g/mol. The Morgan fingerprint density at radius 3 is 2.55 bits per heavy atom. The van der Waals surface area contributed by atoms with Gasteiger partial charge in [-0.3, -0.25) is 19.4 Å². The Labute approximate surface area is 236 Å². The van der Waals surface area contributed by atoms with E-state index in [1.807, 2.05) is 41.0 Å². The highest BCUT2D eigenvalue weighted by Gasteiger charge is 2.35. The molecule has 0 aliphatic carbocycles. The van der Waals surface area contributed by atoms with Gasteiger partial charge in [-0.1, -0.05) is 29.8 Å². The molecule has 9 heteroatoms. The predicted octanol–water partition coefficient (Wildman–Crippen LogP) is 4.70. The summed E-state index contributed by atoms with van der Waals surface area (Å²) in [5.41, 5.74) is 4.29. The fourth-order valence-electron chi connectivity index (χ4n) is 5.78. The number of aromatic nitrogens is 2. The zero-order chi connectivity index (χ0) is 27.6. The molecule has 4 aromatic rings. The molecule has 2 unspecified atom stereocenters. The number of benzene rings is 2. The highest BCUT2D eigenvalue weighted by molar-refractivity contribution is 6.30. The largest absolute Gasteiger partial charge is 0.369 e. The molecule has 0 saturated carbocycles. The maximum absolute atomic E-state index is 13.2. The fraction of sp³-hybridized carbons (Fsp3) is 0.226. The van der Waals surface area contributed by atoms with Gasteiger partial charge in [0, 0.05) is 72.4 Å². The average Bonchev–Trinajstić information content (AvgIpc) is 2.97. The summed E-state index contributed by atoms with van der Waals surface area (Å²) in [7, 11) is 0. The molecule has 8 nitrogen and oxygen atoms in total. The number of carbonyl (C=O) groups excluding carboxylic acids is 2. The summed E-state index contributed by atoms with van der Waals surface area (Å²) in [5.74, 6) is -0.0365. The monoisotopic (exact) mass is 553 g/mol. The van der Waals surface area contributed by atoms with Crippen LogP contribution >= 0.6 is 11.6 Å². The highest BCUT2D eigenvalue weighted by atomic mass is 35.5. The first-order valence-electron chi connectivity index (χ1n) is 13.3. The third kappa shape index (κ3) is 5.35. The number of anilines is 2. The van der Waals surface area contributed by atoms with Crippen LogP contribution in [0.3, 0.4) is 0 Å². The van der Waals surface area contributed by atoms with Gasteiger partial charge in [-0.2, -0.15) is 0 Å². The summed E-state index contributed by atoms with van der Waals surface area (Å²) >= 11 is 6.08. The molecule has 40 heavy (non-hydrogen) atoms. The van der Waals surface area contributed by atoms with E-state index in [1.54, 1.807) is 48.8 Å². The number of nitrogens with zero attached hydrogens (tertiary/aromatic N) is 3. The maximum atomic E-state index is 13.2. The van der Waals surface area contributed by atoms with Crippen molar-refractivity contribution >= 4 is 34.8 Å². The Morgan fingerprint density at radius 2 is 1.73 bits per heavy atom. The topological polar surface area (TPSA) is 96.3 Å². The number of fused-ring (bicyclic) bond motifs is 4. The van der Waals surface area contributed by atoms with E-state index in [0.29, 0.717) is 47.4 Å². The summed E-state index contributed by atoms with van der Waals surface area (Å²) in [5, 5.41) is 6.58. The van der Waals surface area contributed by atoms with E-state index in [-0.39, 0.29) is 23.3 Å². The smallest absolute Gasteiger partial charge is 0.255 e. The van der Waals surface area contributed by atoms with Gasteiger partial charge in [-0.25, -0.2) is 0 Å². The van der Waals surface area contributed by atoms with Gasteiger partial charge in [0.05, 0.1) is 11.4 Å². The van der Waals surface area contributed by atoms with Crippen LogP contribution in [0.4, 0.5) is 11.4 Å². The molecular formula is C31H28ClN5O3. The second-order valence-corrected chi connectivity index (χ2v) is 10.8. The van der Waals surface area contributed by atoms with E-state index in [0.717, 1.165) is 29.9 Å². The van der Waals surface area contributed by atoms with Crippen LogP contribution in [0.2, 0.25) is 5.02 Å². The number of amides is 2. The van der Waals surface area contributed by atoms with Crippen molar-refractivity contribution in [3.8, 4) is 0 Å². The summed E-state index contributed by atoms with van der Waals surface area (Å²) in [4.78, 5) is 45.0. The van der Waals surface area contributed by atoms with E-state index in [1.165, 1.54) is 0 Å². The predicted molar refractivity (Wildman–Crippen MR) is 155 cm³/mol. The molecule has 2 aliphatic heterocycles. The molecule has 0 spiro atoms. The lowest BCUT2D eigenvalue weighted by Gasteiger charge is -2.44. The first-order chi connectivity index (χ1) is 19.4. The van der Waals surface area contributed by atoms with Crippen molar-refractivity contribution in [2.24, 2.45) is 5.92 Å². The van der Waals surface area contributed by atoms with Crippen molar-refractivity contribution in [3.63, 3.8) is 0 Å². The number of piperidine rings is 1. The lowest BCUT2D eigenvalue weighted by atomic mass is 9.83. The third-order valence-corrected chi connectivity index (χ3v) is 7.85. The van der Waals surface area contributed by atoms with Crippen LogP contribution in [-0.4, -0.2) is 34.5 Å². The zero-order valence-corrected chi connectivity index (χ0v) is 22.5.